The highest BCUT2D eigenvalue weighted by molar-refractivity contribution is 7.77. The van der Waals surface area contributed by atoms with Crippen LogP contribution in [0.15, 0.2) is 65.4 Å². The highest BCUT2D eigenvalue weighted by Gasteiger charge is 2.24. The Morgan fingerprint density at radius 1 is 0.882 bits per heavy atom. The molecule has 0 saturated heterocycles. The zero-order valence-electron chi connectivity index (χ0n) is 9.65. The van der Waals surface area contributed by atoms with Crippen molar-refractivity contribution in [2.75, 3.05) is 0 Å². The van der Waals surface area contributed by atoms with E-state index in [2.05, 4.69) is 4.76 Å². The fourth-order valence-electron chi connectivity index (χ4n) is 1.71. The molecule has 0 aliphatic heterocycles. The van der Waals surface area contributed by atoms with Gasteiger partial charge in [-0.05, 0) is 31.2 Å². The molecule has 0 aromatic heterocycles. The van der Waals surface area contributed by atoms with E-state index in [4.69, 9.17) is 0 Å². The largest absolute Gasteiger partial charge is 0.288 e. The highest BCUT2D eigenvalue weighted by atomic mass is 31.2. The summed E-state index contributed by atoms with van der Waals surface area (Å²) >= 11 is 0. The lowest BCUT2D eigenvalue weighted by atomic mass is 10.4. The van der Waals surface area contributed by atoms with Gasteiger partial charge in [-0.25, -0.2) is 4.76 Å². The average molecular weight is 243 g/mol. The molecule has 0 bridgehead atoms. The quantitative estimate of drug-likeness (QED) is 0.602. The third-order valence-electron chi connectivity index (χ3n) is 2.49. The predicted molar refractivity (Wildman–Crippen MR) is 73.9 cm³/mol. The summed E-state index contributed by atoms with van der Waals surface area (Å²) in [6, 6.07) is 18.8. The number of rotatable bonds is 3. The predicted octanol–water partition coefficient (Wildman–Crippen LogP) is 3.01. The van der Waals surface area contributed by atoms with E-state index < -0.39 is 7.29 Å². The van der Waals surface area contributed by atoms with Crippen LogP contribution in [0.2, 0.25) is 0 Å². The first-order valence-electron chi connectivity index (χ1n) is 5.49. The van der Waals surface area contributed by atoms with Crippen LogP contribution in [-0.4, -0.2) is 6.21 Å². The van der Waals surface area contributed by atoms with Crippen molar-refractivity contribution in [3.05, 3.63) is 60.7 Å². The summed E-state index contributed by atoms with van der Waals surface area (Å²) in [5.74, 6) is 0. The first-order chi connectivity index (χ1) is 8.27. The fraction of sp³-hybridized carbons (Fsp3) is 0.0714. The number of nitrogens with zero attached hydrogens (tertiary/aromatic N) is 1. The summed E-state index contributed by atoms with van der Waals surface area (Å²) in [6.07, 6.45) is 1.61. The molecule has 17 heavy (non-hydrogen) atoms. The van der Waals surface area contributed by atoms with Gasteiger partial charge >= 0.3 is 0 Å². The Hall–Kier alpha value is -1.66. The van der Waals surface area contributed by atoms with E-state index in [1.807, 2.05) is 60.7 Å². The molecule has 0 atom stereocenters. The highest BCUT2D eigenvalue weighted by Crippen LogP contribution is 2.44. The second-order valence-electron chi connectivity index (χ2n) is 3.62. The summed E-state index contributed by atoms with van der Waals surface area (Å²) in [7, 11) is -2.85. The lowest BCUT2D eigenvalue weighted by molar-refractivity contribution is 0.588. The topological polar surface area (TPSA) is 29.4 Å². The molecule has 0 spiro atoms. The van der Waals surface area contributed by atoms with Gasteiger partial charge in [0.2, 0.25) is 7.29 Å². The van der Waals surface area contributed by atoms with Crippen molar-refractivity contribution in [2.45, 2.75) is 6.92 Å². The van der Waals surface area contributed by atoms with E-state index >= 15 is 0 Å². The SMILES string of the molecule is CC=NP(=O)(c1ccccc1)c1ccccc1. The molecule has 0 N–H and O–H groups in total. The Morgan fingerprint density at radius 2 is 1.29 bits per heavy atom. The van der Waals surface area contributed by atoms with E-state index in [9.17, 15) is 4.57 Å². The fourth-order valence-corrected chi connectivity index (χ4v) is 3.75. The Bertz CT molecular complexity index is 505. The van der Waals surface area contributed by atoms with Crippen molar-refractivity contribution >= 4 is 24.1 Å². The Kier molecular flexibility index (Phi) is 3.55. The zero-order valence-corrected chi connectivity index (χ0v) is 10.5. The normalized spacial score (nSPS) is 11.8. The lowest BCUT2D eigenvalue weighted by Crippen LogP contribution is -2.13. The van der Waals surface area contributed by atoms with Crippen molar-refractivity contribution in [1.29, 1.82) is 0 Å². The molecule has 2 aromatic rings. The molecule has 0 radical (unpaired) electrons. The lowest BCUT2D eigenvalue weighted by Gasteiger charge is -2.13. The van der Waals surface area contributed by atoms with Crippen LogP contribution in [0.1, 0.15) is 6.92 Å². The minimum absolute atomic E-state index is 0.768. The van der Waals surface area contributed by atoms with Crippen LogP contribution in [0.25, 0.3) is 0 Å². The van der Waals surface area contributed by atoms with E-state index in [1.165, 1.54) is 0 Å². The second-order valence-corrected chi connectivity index (χ2v) is 6.04. The molecule has 2 rings (SSSR count). The van der Waals surface area contributed by atoms with Crippen LogP contribution < -0.4 is 10.6 Å². The van der Waals surface area contributed by atoms with Crippen molar-refractivity contribution < 1.29 is 4.57 Å². The molecule has 0 aliphatic carbocycles. The van der Waals surface area contributed by atoms with Gasteiger partial charge in [0.1, 0.15) is 0 Å². The molecular formula is C14H14NOP. The maximum atomic E-state index is 13.0. The molecular weight excluding hydrogens is 229 g/mol. The van der Waals surface area contributed by atoms with Gasteiger partial charge in [0, 0.05) is 16.8 Å². The van der Waals surface area contributed by atoms with Crippen molar-refractivity contribution in [3.63, 3.8) is 0 Å². The van der Waals surface area contributed by atoms with Crippen molar-refractivity contribution in [3.8, 4) is 0 Å². The van der Waals surface area contributed by atoms with Crippen LogP contribution in [-0.2, 0) is 4.57 Å². The van der Waals surface area contributed by atoms with Gasteiger partial charge in [-0.1, -0.05) is 36.4 Å². The van der Waals surface area contributed by atoms with Gasteiger partial charge in [0.05, 0.1) is 0 Å². The van der Waals surface area contributed by atoms with Gasteiger partial charge < -0.3 is 0 Å². The van der Waals surface area contributed by atoms with Crippen molar-refractivity contribution in [1.82, 2.24) is 0 Å². The molecule has 86 valence electrons. The number of benzene rings is 2. The standard InChI is InChI=1S/C14H14NOP/c1-2-15-17(16,13-9-5-3-6-10-13)14-11-7-4-8-12-14/h2-12H,1H3. The van der Waals surface area contributed by atoms with Gasteiger partial charge in [-0.2, -0.15) is 0 Å². The third kappa shape index (κ3) is 2.37. The number of hydrogen-bond donors (Lipinski definition) is 0. The van der Waals surface area contributed by atoms with Crippen LogP contribution >= 0.6 is 7.29 Å². The maximum Gasteiger partial charge on any atom is 0.247 e. The summed E-state index contributed by atoms with van der Waals surface area (Å²) in [5.41, 5.74) is 0. The van der Waals surface area contributed by atoms with Crippen LogP contribution in [0.5, 0.6) is 0 Å². The molecule has 0 fully saturated rings. The summed E-state index contributed by atoms with van der Waals surface area (Å²) in [4.78, 5) is 0. The monoisotopic (exact) mass is 243 g/mol. The van der Waals surface area contributed by atoms with Crippen LogP contribution in [0.4, 0.5) is 0 Å². The zero-order chi connectivity index (χ0) is 12.1. The minimum atomic E-state index is -2.85. The average Bonchev–Trinajstić information content (AvgIpc) is 2.41. The Balaban J connectivity index is 2.60. The molecule has 2 aromatic carbocycles. The summed E-state index contributed by atoms with van der Waals surface area (Å²) in [6.45, 7) is 1.79. The molecule has 0 heterocycles. The van der Waals surface area contributed by atoms with Gasteiger partial charge in [-0.3, -0.25) is 4.57 Å². The molecule has 2 nitrogen and oxygen atoms in total. The van der Waals surface area contributed by atoms with E-state index in [0.29, 0.717) is 0 Å². The molecule has 3 heteroatoms. The maximum absolute atomic E-state index is 13.0. The third-order valence-corrected chi connectivity index (χ3v) is 5.04. The summed E-state index contributed by atoms with van der Waals surface area (Å²) in [5, 5.41) is 1.54. The molecule has 0 amide bonds. The first-order valence-corrected chi connectivity index (χ1v) is 7.15. The number of hydrogen-bond acceptors (Lipinski definition) is 1. The van der Waals surface area contributed by atoms with Gasteiger partial charge in [-0.15, -0.1) is 0 Å². The van der Waals surface area contributed by atoms with E-state index in [-0.39, 0.29) is 0 Å². The smallest absolute Gasteiger partial charge is 0.247 e. The van der Waals surface area contributed by atoms with E-state index in [0.717, 1.165) is 10.6 Å². The molecule has 0 saturated carbocycles. The first kappa shape index (κ1) is 11.8. The van der Waals surface area contributed by atoms with E-state index in [1.54, 1.807) is 13.1 Å². The van der Waals surface area contributed by atoms with Gasteiger partial charge in [0.25, 0.3) is 0 Å². The van der Waals surface area contributed by atoms with Gasteiger partial charge in [0.15, 0.2) is 0 Å². The Labute approximate surface area is 101 Å². The van der Waals surface area contributed by atoms with Crippen LogP contribution in [0.3, 0.4) is 0 Å². The molecule has 0 aliphatic rings. The Morgan fingerprint density at radius 3 is 1.65 bits per heavy atom. The summed E-state index contributed by atoms with van der Waals surface area (Å²) < 4.78 is 17.2. The van der Waals surface area contributed by atoms with Crippen LogP contribution in [0, 0.1) is 0 Å². The minimum Gasteiger partial charge on any atom is -0.288 e. The molecule has 0 unspecified atom stereocenters. The van der Waals surface area contributed by atoms with Crippen molar-refractivity contribution in [2.24, 2.45) is 4.76 Å². The second kappa shape index (κ2) is 5.11.